The molecule has 23 heavy (non-hydrogen) atoms. The SMILES string of the molecule is Cc1cccc(NC2CCCN(Cc3c(F)cccc3F)C2)n1. The van der Waals surface area contributed by atoms with E-state index in [0.717, 1.165) is 37.4 Å². The van der Waals surface area contributed by atoms with Gasteiger partial charge in [0.25, 0.3) is 0 Å². The molecule has 0 amide bonds. The normalized spacial score (nSPS) is 18.8. The summed E-state index contributed by atoms with van der Waals surface area (Å²) >= 11 is 0. The molecule has 1 atom stereocenters. The average molecular weight is 317 g/mol. The number of likely N-dealkylation sites (tertiary alicyclic amines) is 1. The first-order valence-electron chi connectivity index (χ1n) is 7.97. The van der Waals surface area contributed by atoms with Gasteiger partial charge in [0, 0.05) is 30.4 Å². The number of aryl methyl sites for hydroxylation is 1. The number of anilines is 1. The molecule has 1 unspecified atom stereocenters. The van der Waals surface area contributed by atoms with E-state index in [9.17, 15) is 8.78 Å². The fraction of sp³-hybridized carbons (Fsp3) is 0.389. The predicted molar refractivity (Wildman–Crippen MR) is 87.3 cm³/mol. The molecule has 0 radical (unpaired) electrons. The van der Waals surface area contributed by atoms with Gasteiger partial charge in [0.05, 0.1) is 0 Å². The molecule has 1 saturated heterocycles. The number of hydrogen-bond donors (Lipinski definition) is 1. The quantitative estimate of drug-likeness (QED) is 0.931. The lowest BCUT2D eigenvalue weighted by atomic mass is 10.0. The Morgan fingerprint density at radius 2 is 1.91 bits per heavy atom. The van der Waals surface area contributed by atoms with Crippen LogP contribution < -0.4 is 5.32 Å². The van der Waals surface area contributed by atoms with Crippen molar-refractivity contribution < 1.29 is 8.78 Å². The highest BCUT2D eigenvalue weighted by atomic mass is 19.1. The summed E-state index contributed by atoms with van der Waals surface area (Å²) in [5.41, 5.74) is 1.12. The van der Waals surface area contributed by atoms with Crippen LogP contribution in [-0.2, 0) is 6.54 Å². The zero-order valence-electron chi connectivity index (χ0n) is 13.2. The maximum absolute atomic E-state index is 13.8. The van der Waals surface area contributed by atoms with Crippen molar-refractivity contribution in [3.05, 3.63) is 59.3 Å². The van der Waals surface area contributed by atoms with E-state index in [-0.39, 0.29) is 11.6 Å². The van der Waals surface area contributed by atoms with Gasteiger partial charge in [-0.2, -0.15) is 0 Å². The number of piperidine rings is 1. The lowest BCUT2D eigenvalue weighted by Gasteiger charge is -2.33. The molecule has 5 heteroatoms. The van der Waals surface area contributed by atoms with E-state index in [4.69, 9.17) is 0 Å². The Labute approximate surface area is 135 Å². The van der Waals surface area contributed by atoms with E-state index in [1.807, 2.05) is 25.1 Å². The van der Waals surface area contributed by atoms with Gasteiger partial charge >= 0.3 is 0 Å². The Bertz CT molecular complexity index is 655. The molecule has 3 nitrogen and oxygen atoms in total. The molecule has 1 N–H and O–H groups in total. The van der Waals surface area contributed by atoms with Crippen LogP contribution in [0.4, 0.5) is 14.6 Å². The molecular formula is C18H21F2N3. The highest BCUT2D eigenvalue weighted by Crippen LogP contribution is 2.20. The van der Waals surface area contributed by atoms with Crippen molar-refractivity contribution in [2.24, 2.45) is 0 Å². The maximum atomic E-state index is 13.8. The number of benzene rings is 1. The molecule has 0 aliphatic carbocycles. The Morgan fingerprint density at radius 1 is 1.17 bits per heavy atom. The van der Waals surface area contributed by atoms with Crippen LogP contribution in [0, 0.1) is 18.6 Å². The molecule has 0 spiro atoms. The van der Waals surface area contributed by atoms with Crippen molar-refractivity contribution in [3.8, 4) is 0 Å². The fourth-order valence-corrected chi connectivity index (χ4v) is 3.06. The summed E-state index contributed by atoms with van der Waals surface area (Å²) in [6.07, 6.45) is 2.03. The summed E-state index contributed by atoms with van der Waals surface area (Å²) in [6.45, 7) is 3.87. The highest BCUT2D eigenvalue weighted by molar-refractivity contribution is 5.36. The van der Waals surface area contributed by atoms with E-state index in [2.05, 4.69) is 15.2 Å². The van der Waals surface area contributed by atoms with E-state index in [0.29, 0.717) is 6.54 Å². The monoisotopic (exact) mass is 317 g/mol. The minimum Gasteiger partial charge on any atom is -0.366 e. The maximum Gasteiger partial charge on any atom is 0.130 e. The highest BCUT2D eigenvalue weighted by Gasteiger charge is 2.22. The first-order chi connectivity index (χ1) is 11.1. The summed E-state index contributed by atoms with van der Waals surface area (Å²) < 4.78 is 27.6. The second-order valence-corrected chi connectivity index (χ2v) is 6.08. The molecule has 2 aromatic rings. The third kappa shape index (κ3) is 4.05. The van der Waals surface area contributed by atoms with Crippen molar-refractivity contribution in [1.82, 2.24) is 9.88 Å². The second-order valence-electron chi connectivity index (χ2n) is 6.08. The zero-order valence-corrected chi connectivity index (χ0v) is 13.2. The Morgan fingerprint density at radius 3 is 2.65 bits per heavy atom. The van der Waals surface area contributed by atoms with E-state index in [1.54, 1.807) is 0 Å². The van der Waals surface area contributed by atoms with E-state index in [1.165, 1.54) is 18.2 Å². The third-order valence-electron chi connectivity index (χ3n) is 4.19. The van der Waals surface area contributed by atoms with Crippen LogP contribution in [0.5, 0.6) is 0 Å². The molecule has 1 aromatic carbocycles. The van der Waals surface area contributed by atoms with Crippen molar-refractivity contribution >= 4 is 5.82 Å². The number of rotatable bonds is 4. The summed E-state index contributed by atoms with van der Waals surface area (Å²) in [4.78, 5) is 6.55. The first kappa shape index (κ1) is 15.9. The van der Waals surface area contributed by atoms with Gasteiger partial charge in [0.1, 0.15) is 17.5 Å². The zero-order chi connectivity index (χ0) is 16.2. The molecule has 122 valence electrons. The first-order valence-corrected chi connectivity index (χ1v) is 7.97. The van der Waals surface area contributed by atoms with Crippen LogP contribution in [0.15, 0.2) is 36.4 Å². The van der Waals surface area contributed by atoms with Crippen molar-refractivity contribution in [3.63, 3.8) is 0 Å². The Hall–Kier alpha value is -2.01. The second kappa shape index (κ2) is 7.04. The molecule has 1 aliphatic heterocycles. The van der Waals surface area contributed by atoms with Gasteiger partial charge in [-0.05, 0) is 50.6 Å². The van der Waals surface area contributed by atoms with Crippen LogP contribution in [-0.4, -0.2) is 29.0 Å². The van der Waals surface area contributed by atoms with Crippen LogP contribution in [0.1, 0.15) is 24.1 Å². The molecule has 0 saturated carbocycles. The summed E-state index contributed by atoms with van der Waals surface area (Å²) in [6, 6.07) is 10.1. The van der Waals surface area contributed by atoms with Gasteiger partial charge in [0.15, 0.2) is 0 Å². The van der Waals surface area contributed by atoms with Crippen molar-refractivity contribution in [2.75, 3.05) is 18.4 Å². The average Bonchev–Trinajstić information content (AvgIpc) is 2.52. The smallest absolute Gasteiger partial charge is 0.130 e. The molecule has 0 bridgehead atoms. The molecule has 3 rings (SSSR count). The van der Waals surface area contributed by atoms with Gasteiger partial charge in [-0.3, -0.25) is 4.90 Å². The number of nitrogens with zero attached hydrogens (tertiary/aromatic N) is 2. The minimum absolute atomic E-state index is 0.154. The molecular weight excluding hydrogens is 296 g/mol. The van der Waals surface area contributed by atoms with Gasteiger partial charge in [0.2, 0.25) is 0 Å². The van der Waals surface area contributed by atoms with Crippen molar-refractivity contribution in [2.45, 2.75) is 32.4 Å². The topological polar surface area (TPSA) is 28.2 Å². The Balaban J connectivity index is 1.64. The minimum atomic E-state index is -0.472. The van der Waals surface area contributed by atoms with Crippen LogP contribution in [0.3, 0.4) is 0 Å². The number of nitrogens with one attached hydrogen (secondary N) is 1. The molecule has 1 fully saturated rings. The number of halogens is 2. The fourth-order valence-electron chi connectivity index (χ4n) is 3.06. The molecule has 1 aromatic heterocycles. The van der Waals surface area contributed by atoms with Gasteiger partial charge in [-0.15, -0.1) is 0 Å². The largest absolute Gasteiger partial charge is 0.366 e. The lowest BCUT2D eigenvalue weighted by molar-refractivity contribution is 0.203. The standard InChI is InChI=1S/C18H21F2N3/c1-13-5-2-9-18(21-13)22-14-6-4-10-23(11-14)12-15-16(19)7-3-8-17(15)20/h2-3,5,7-9,14H,4,6,10-12H2,1H3,(H,21,22). The van der Waals surface area contributed by atoms with Crippen LogP contribution >= 0.6 is 0 Å². The number of aromatic nitrogens is 1. The summed E-state index contributed by atoms with van der Waals surface area (Å²) in [5, 5.41) is 3.43. The van der Waals surface area contributed by atoms with Gasteiger partial charge in [-0.1, -0.05) is 12.1 Å². The summed E-state index contributed by atoms with van der Waals surface area (Å²) in [5.74, 6) is -0.0882. The molecule has 1 aliphatic rings. The van der Waals surface area contributed by atoms with Gasteiger partial charge in [-0.25, -0.2) is 13.8 Å². The number of hydrogen-bond acceptors (Lipinski definition) is 3. The lowest BCUT2D eigenvalue weighted by Crippen LogP contribution is -2.42. The Kier molecular flexibility index (Phi) is 4.86. The summed E-state index contributed by atoms with van der Waals surface area (Å²) in [7, 11) is 0. The van der Waals surface area contributed by atoms with Crippen LogP contribution in [0.2, 0.25) is 0 Å². The van der Waals surface area contributed by atoms with E-state index < -0.39 is 11.6 Å². The number of pyridine rings is 1. The van der Waals surface area contributed by atoms with Crippen molar-refractivity contribution in [1.29, 1.82) is 0 Å². The van der Waals surface area contributed by atoms with E-state index >= 15 is 0 Å². The predicted octanol–water partition coefficient (Wildman–Crippen LogP) is 3.74. The third-order valence-corrected chi connectivity index (χ3v) is 4.19. The van der Waals surface area contributed by atoms with Crippen LogP contribution in [0.25, 0.3) is 0 Å². The van der Waals surface area contributed by atoms with Gasteiger partial charge < -0.3 is 5.32 Å². The molecule has 2 heterocycles.